The quantitative estimate of drug-likeness (QED) is 0.647. The highest BCUT2D eigenvalue weighted by molar-refractivity contribution is 5.94. The molecule has 30 heavy (non-hydrogen) atoms. The molecule has 2 amide bonds. The summed E-state index contributed by atoms with van der Waals surface area (Å²) in [5, 5.41) is 2.94. The first kappa shape index (κ1) is 21.6. The number of amides is 2. The fourth-order valence-electron chi connectivity index (χ4n) is 3.87. The summed E-state index contributed by atoms with van der Waals surface area (Å²) in [6.45, 7) is 10.5. The number of aromatic nitrogens is 2. The maximum absolute atomic E-state index is 13.1. The van der Waals surface area contributed by atoms with Crippen molar-refractivity contribution >= 4 is 22.8 Å². The normalized spacial score (nSPS) is 11.3. The van der Waals surface area contributed by atoms with E-state index >= 15 is 0 Å². The zero-order valence-electron chi connectivity index (χ0n) is 18.3. The zero-order valence-corrected chi connectivity index (χ0v) is 18.3. The molecule has 0 saturated carbocycles. The minimum atomic E-state index is -0.158. The van der Waals surface area contributed by atoms with Crippen LogP contribution in [0.25, 0.3) is 11.0 Å². The molecule has 3 aromatic rings. The van der Waals surface area contributed by atoms with Crippen LogP contribution in [0.2, 0.25) is 0 Å². The van der Waals surface area contributed by atoms with Crippen LogP contribution in [0.5, 0.6) is 0 Å². The Hall–Kier alpha value is -3.15. The number of fused-ring (bicyclic) bond motifs is 1. The SMILES string of the molecule is Cc1cccc(C(=O)NCc2nc3ccccc3n2CC(=O)N(C(C)C)C(C)C)c1. The number of para-hydroxylation sites is 2. The largest absolute Gasteiger partial charge is 0.345 e. The molecule has 3 rings (SSSR count). The van der Waals surface area contributed by atoms with Gasteiger partial charge in [0.25, 0.3) is 5.91 Å². The first-order chi connectivity index (χ1) is 14.3. The van der Waals surface area contributed by atoms with E-state index in [0.29, 0.717) is 11.4 Å². The summed E-state index contributed by atoms with van der Waals surface area (Å²) in [4.78, 5) is 32.2. The molecule has 0 bridgehead atoms. The van der Waals surface area contributed by atoms with Gasteiger partial charge < -0.3 is 14.8 Å². The maximum atomic E-state index is 13.1. The summed E-state index contributed by atoms with van der Waals surface area (Å²) in [7, 11) is 0. The van der Waals surface area contributed by atoms with Gasteiger partial charge in [-0.25, -0.2) is 4.98 Å². The third-order valence-electron chi connectivity index (χ3n) is 5.11. The highest BCUT2D eigenvalue weighted by Gasteiger charge is 2.22. The molecule has 0 unspecified atom stereocenters. The van der Waals surface area contributed by atoms with Crippen LogP contribution >= 0.6 is 0 Å². The van der Waals surface area contributed by atoms with Crippen molar-refractivity contribution in [2.75, 3.05) is 0 Å². The lowest BCUT2D eigenvalue weighted by atomic mass is 10.1. The number of carbonyl (C=O) groups excluding carboxylic acids is 2. The Kier molecular flexibility index (Phi) is 6.55. The molecule has 0 radical (unpaired) electrons. The smallest absolute Gasteiger partial charge is 0.251 e. The van der Waals surface area contributed by atoms with E-state index in [9.17, 15) is 9.59 Å². The number of hydrogen-bond donors (Lipinski definition) is 1. The number of nitrogens with zero attached hydrogens (tertiary/aromatic N) is 3. The molecule has 1 N–H and O–H groups in total. The van der Waals surface area contributed by atoms with E-state index in [1.165, 1.54) is 0 Å². The van der Waals surface area contributed by atoms with Crippen molar-refractivity contribution in [2.24, 2.45) is 0 Å². The topological polar surface area (TPSA) is 67.2 Å². The molecule has 0 aliphatic rings. The van der Waals surface area contributed by atoms with Gasteiger partial charge in [-0.3, -0.25) is 9.59 Å². The molecule has 158 valence electrons. The highest BCUT2D eigenvalue weighted by Crippen LogP contribution is 2.18. The van der Waals surface area contributed by atoms with Crippen molar-refractivity contribution in [3.8, 4) is 0 Å². The van der Waals surface area contributed by atoms with Gasteiger partial charge >= 0.3 is 0 Å². The van der Waals surface area contributed by atoms with Gasteiger partial charge in [0, 0.05) is 17.6 Å². The van der Waals surface area contributed by atoms with Gasteiger partial charge in [0.1, 0.15) is 12.4 Å². The lowest BCUT2D eigenvalue weighted by Crippen LogP contribution is -2.44. The molecular formula is C24H30N4O2. The average molecular weight is 407 g/mol. The summed E-state index contributed by atoms with van der Waals surface area (Å²) in [6.07, 6.45) is 0. The van der Waals surface area contributed by atoms with Gasteiger partial charge in [0.05, 0.1) is 17.6 Å². The number of aryl methyl sites for hydroxylation is 1. The predicted molar refractivity (Wildman–Crippen MR) is 119 cm³/mol. The third-order valence-corrected chi connectivity index (χ3v) is 5.11. The monoisotopic (exact) mass is 406 g/mol. The molecule has 0 spiro atoms. The van der Waals surface area contributed by atoms with E-state index in [4.69, 9.17) is 0 Å². The van der Waals surface area contributed by atoms with Gasteiger partial charge in [-0.2, -0.15) is 0 Å². The first-order valence-corrected chi connectivity index (χ1v) is 10.4. The molecule has 6 heteroatoms. The summed E-state index contributed by atoms with van der Waals surface area (Å²) in [5.41, 5.74) is 3.34. The van der Waals surface area contributed by atoms with Gasteiger partial charge in [-0.1, -0.05) is 29.8 Å². The summed E-state index contributed by atoms with van der Waals surface area (Å²) in [5.74, 6) is 0.544. The van der Waals surface area contributed by atoms with Crippen LogP contribution in [0.4, 0.5) is 0 Å². The average Bonchev–Trinajstić information content (AvgIpc) is 3.03. The Labute approximate surface area is 177 Å². The Morgan fingerprint density at radius 3 is 2.40 bits per heavy atom. The number of benzene rings is 2. The van der Waals surface area contributed by atoms with Crippen LogP contribution in [-0.4, -0.2) is 38.3 Å². The molecule has 0 aliphatic carbocycles. The molecule has 6 nitrogen and oxygen atoms in total. The molecule has 0 aliphatic heterocycles. The van der Waals surface area contributed by atoms with E-state index in [1.54, 1.807) is 6.07 Å². The van der Waals surface area contributed by atoms with Crippen LogP contribution in [0.1, 0.15) is 49.4 Å². The fourth-order valence-corrected chi connectivity index (χ4v) is 3.87. The lowest BCUT2D eigenvalue weighted by Gasteiger charge is -2.31. The van der Waals surface area contributed by atoms with Crippen LogP contribution < -0.4 is 5.32 Å². The van der Waals surface area contributed by atoms with Crippen molar-refractivity contribution in [1.82, 2.24) is 19.8 Å². The first-order valence-electron chi connectivity index (χ1n) is 10.4. The van der Waals surface area contributed by atoms with E-state index < -0.39 is 0 Å². The van der Waals surface area contributed by atoms with Gasteiger partial charge in [0.2, 0.25) is 5.91 Å². The van der Waals surface area contributed by atoms with E-state index in [2.05, 4.69) is 10.3 Å². The minimum absolute atomic E-state index is 0.0365. The molecule has 0 saturated heterocycles. The van der Waals surface area contributed by atoms with Crippen molar-refractivity contribution in [2.45, 2.75) is 59.8 Å². The summed E-state index contributed by atoms with van der Waals surface area (Å²) in [6, 6.07) is 15.4. The molecule has 1 heterocycles. The van der Waals surface area contributed by atoms with Crippen LogP contribution in [0.15, 0.2) is 48.5 Å². The minimum Gasteiger partial charge on any atom is -0.345 e. The van der Waals surface area contributed by atoms with E-state index in [-0.39, 0.29) is 37.0 Å². The second-order valence-electron chi connectivity index (χ2n) is 8.14. The van der Waals surface area contributed by atoms with E-state index in [0.717, 1.165) is 16.6 Å². The van der Waals surface area contributed by atoms with Crippen LogP contribution in [0.3, 0.4) is 0 Å². The number of imidazole rings is 1. The molecule has 1 aromatic heterocycles. The second kappa shape index (κ2) is 9.11. The van der Waals surface area contributed by atoms with Crippen molar-refractivity contribution < 1.29 is 9.59 Å². The maximum Gasteiger partial charge on any atom is 0.251 e. The van der Waals surface area contributed by atoms with E-state index in [1.807, 2.05) is 86.6 Å². The molecule has 0 atom stereocenters. The molecule has 2 aromatic carbocycles. The number of nitrogens with one attached hydrogen (secondary N) is 1. The fraction of sp³-hybridized carbons (Fsp3) is 0.375. The van der Waals surface area contributed by atoms with Crippen molar-refractivity contribution in [3.63, 3.8) is 0 Å². The standard InChI is InChI=1S/C24H30N4O2/c1-16(2)28(17(3)4)23(29)15-27-21-12-7-6-11-20(21)26-22(27)14-25-24(30)19-10-8-9-18(5)13-19/h6-13,16-17H,14-15H2,1-5H3,(H,25,30). The predicted octanol–water partition coefficient (Wildman–Crippen LogP) is 3.92. The van der Waals surface area contributed by atoms with Crippen molar-refractivity contribution in [1.29, 1.82) is 0 Å². The lowest BCUT2D eigenvalue weighted by molar-refractivity contribution is -0.135. The summed E-state index contributed by atoms with van der Waals surface area (Å²) >= 11 is 0. The summed E-state index contributed by atoms with van der Waals surface area (Å²) < 4.78 is 1.91. The van der Waals surface area contributed by atoms with Gasteiger partial charge in [0.15, 0.2) is 0 Å². The highest BCUT2D eigenvalue weighted by atomic mass is 16.2. The van der Waals surface area contributed by atoms with Crippen LogP contribution in [0, 0.1) is 6.92 Å². The number of rotatable bonds is 7. The molecular weight excluding hydrogens is 376 g/mol. The molecule has 0 fully saturated rings. The third kappa shape index (κ3) is 4.70. The number of hydrogen-bond acceptors (Lipinski definition) is 3. The Balaban J connectivity index is 1.86. The number of carbonyl (C=O) groups is 2. The van der Waals surface area contributed by atoms with Crippen molar-refractivity contribution in [3.05, 3.63) is 65.5 Å². The van der Waals surface area contributed by atoms with Crippen LogP contribution in [-0.2, 0) is 17.9 Å². The zero-order chi connectivity index (χ0) is 21.8. The Bertz CT molecular complexity index is 1040. The Morgan fingerprint density at radius 1 is 1.03 bits per heavy atom. The van der Waals surface area contributed by atoms with Gasteiger partial charge in [-0.15, -0.1) is 0 Å². The Morgan fingerprint density at radius 2 is 1.73 bits per heavy atom. The second-order valence-corrected chi connectivity index (χ2v) is 8.14. The van der Waals surface area contributed by atoms with Gasteiger partial charge in [-0.05, 0) is 58.9 Å².